The second kappa shape index (κ2) is 20.5. The number of ether oxygens (including phenoxy) is 1. The van der Waals surface area contributed by atoms with Crippen LogP contribution in [0.4, 0.5) is 11.4 Å². The van der Waals surface area contributed by atoms with Gasteiger partial charge < -0.3 is 19.1 Å². The molecule has 0 aliphatic carbocycles. The van der Waals surface area contributed by atoms with Gasteiger partial charge in [-0.05, 0) is 85.3 Å². The zero-order chi connectivity index (χ0) is 55.0. The van der Waals surface area contributed by atoms with Gasteiger partial charge in [-0.15, -0.1) is 53.8 Å². The number of hydrogen-bond acceptors (Lipinski definition) is 4. The minimum absolute atomic E-state index is 0. The first-order valence-corrected chi connectivity index (χ1v) is 27.4. The monoisotopic (exact) mass is 1210 g/mol. The van der Waals surface area contributed by atoms with Crippen LogP contribution in [-0.4, -0.2) is 9.55 Å². The van der Waals surface area contributed by atoms with E-state index in [1.165, 1.54) is 39.2 Å². The molecule has 5 nitrogen and oxygen atoms in total. The summed E-state index contributed by atoms with van der Waals surface area (Å²) in [6, 6.07) is 67.0. The van der Waals surface area contributed by atoms with Crippen LogP contribution in [0, 0.1) is 29.6 Å². The SMILES string of the molecule is CC(C)(C)C1=C(C(C)(C)C)N(c2cc(C(C)(C)C)cc(C(C)(C)c3ccccc3)c2)[CH-]N1c1[c-]c(Oc2[c-]c3c(c(C(C)(C)c4ccccc4)c2)c2ccccc2n3-c2cc(C(C)(C)C)ccn2)cc(-c2ccccc2)c1.[Pt]. The standard InChI is InChI=1S/C72H77N4O.Pt/c1-67(2,3)52-36-37-73-63(43-52)76-61-35-27-26-34-59(61)64-60(72(15,16)51-32-24-19-25-33-51)45-58(46-62(64)76)77-57-39-49(48-28-20-17-21-29-48)38-55(44-57)74-47-75(66(70(10,11)12)65(74)69(7,8)9)56-41-53(68(4,5)6)40-54(42-56)71(13,14)50-30-22-18-23-31-50;/h17-43,45,47H,1-16H3;/q-3;. The largest absolute Gasteiger partial charge is 0.509 e. The minimum Gasteiger partial charge on any atom is -0.509 e. The molecule has 0 bridgehead atoms. The van der Waals surface area contributed by atoms with E-state index in [0.717, 1.165) is 55.7 Å². The van der Waals surface area contributed by atoms with Crippen molar-refractivity contribution in [1.82, 2.24) is 9.55 Å². The van der Waals surface area contributed by atoms with Crippen LogP contribution in [0.1, 0.15) is 144 Å². The summed E-state index contributed by atoms with van der Waals surface area (Å²) in [7, 11) is 0. The van der Waals surface area contributed by atoms with Crippen molar-refractivity contribution in [3.63, 3.8) is 0 Å². The Bertz CT molecular complexity index is 3670. The van der Waals surface area contributed by atoms with Crippen molar-refractivity contribution in [2.45, 2.75) is 132 Å². The van der Waals surface area contributed by atoms with Crippen molar-refractivity contribution in [1.29, 1.82) is 0 Å². The maximum Gasteiger partial charge on any atom is 0.135 e. The number of aromatic nitrogens is 2. The Morgan fingerprint density at radius 2 is 0.987 bits per heavy atom. The number of allylic oxidation sites excluding steroid dienone is 2. The fourth-order valence-corrected chi connectivity index (χ4v) is 11.3. The first-order valence-electron chi connectivity index (χ1n) is 27.4. The van der Waals surface area contributed by atoms with Crippen molar-refractivity contribution in [3.8, 4) is 28.4 Å². The van der Waals surface area contributed by atoms with E-state index in [0.29, 0.717) is 11.5 Å². The van der Waals surface area contributed by atoms with Crippen LogP contribution in [0.5, 0.6) is 11.5 Å². The van der Waals surface area contributed by atoms with Gasteiger partial charge in [0.05, 0.1) is 0 Å². The van der Waals surface area contributed by atoms with E-state index in [4.69, 9.17) is 9.72 Å². The predicted molar refractivity (Wildman–Crippen MR) is 324 cm³/mol. The molecule has 0 radical (unpaired) electrons. The average Bonchev–Trinajstić information content (AvgIpc) is 4.16. The molecular formula is C72H77N4OPt-3. The van der Waals surface area contributed by atoms with Gasteiger partial charge in [-0.25, -0.2) is 4.98 Å². The van der Waals surface area contributed by atoms with Crippen LogP contribution in [0.3, 0.4) is 0 Å². The molecule has 0 fully saturated rings. The number of hydrogen-bond donors (Lipinski definition) is 0. The van der Waals surface area contributed by atoms with E-state index >= 15 is 0 Å². The molecule has 3 heterocycles. The van der Waals surface area contributed by atoms with E-state index in [1.54, 1.807) is 0 Å². The molecule has 7 aromatic carbocycles. The maximum atomic E-state index is 7.35. The first kappa shape index (κ1) is 56.1. The Morgan fingerprint density at radius 1 is 0.449 bits per heavy atom. The van der Waals surface area contributed by atoms with Gasteiger partial charge in [-0.3, -0.25) is 0 Å². The summed E-state index contributed by atoms with van der Waals surface area (Å²) in [6.45, 7) is 39.4. The summed E-state index contributed by atoms with van der Waals surface area (Å²) >= 11 is 0. The minimum atomic E-state index is -0.437. The number of pyridine rings is 1. The Morgan fingerprint density at radius 3 is 1.59 bits per heavy atom. The number of fused-ring (bicyclic) bond motifs is 3. The number of para-hydroxylation sites is 1. The molecule has 0 N–H and O–H groups in total. The van der Waals surface area contributed by atoms with Crippen LogP contribution >= 0.6 is 0 Å². The molecule has 0 unspecified atom stereocenters. The third-order valence-corrected chi connectivity index (χ3v) is 15.7. The second-order valence-electron chi connectivity index (χ2n) is 26.4. The topological polar surface area (TPSA) is 33.5 Å². The number of anilines is 2. The fourth-order valence-electron chi connectivity index (χ4n) is 11.3. The third kappa shape index (κ3) is 10.6. The Balaban J connectivity index is 0.00000740. The molecule has 0 saturated carbocycles. The van der Waals surface area contributed by atoms with E-state index < -0.39 is 5.41 Å². The molecule has 404 valence electrons. The molecule has 0 amide bonds. The van der Waals surface area contributed by atoms with Crippen LogP contribution < -0.4 is 14.5 Å². The number of benzene rings is 7. The quantitative estimate of drug-likeness (QED) is 0.128. The van der Waals surface area contributed by atoms with E-state index in [-0.39, 0.29) is 48.1 Å². The molecule has 1 aliphatic rings. The van der Waals surface area contributed by atoms with Crippen molar-refractivity contribution in [3.05, 3.63) is 234 Å². The smallest absolute Gasteiger partial charge is 0.135 e. The second-order valence-corrected chi connectivity index (χ2v) is 26.4. The van der Waals surface area contributed by atoms with Crippen LogP contribution in [0.25, 0.3) is 38.8 Å². The molecule has 0 saturated heterocycles. The van der Waals surface area contributed by atoms with Crippen molar-refractivity contribution >= 4 is 33.2 Å². The van der Waals surface area contributed by atoms with E-state index in [1.807, 2.05) is 6.20 Å². The van der Waals surface area contributed by atoms with Gasteiger partial charge in [0.15, 0.2) is 0 Å². The maximum absolute atomic E-state index is 7.35. The average molecular weight is 1210 g/mol. The van der Waals surface area contributed by atoms with Gasteiger partial charge in [-0.2, -0.15) is 0 Å². The molecular weight excluding hydrogens is 1130 g/mol. The van der Waals surface area contributed by atoms with Crippen molar-refractivity contribution in [2.75, 3.05) is 9.80 Å². The first-order chi connectivity index (χ1) is 36.2. The molecule has 78 heavy (non-hydrogen) atoms. The summed E-state index contributed by atoms with van der Waals surface area (Å²) in [6.07, 6.45) is 1.94. The molecule has 10 rings (SSSR count). The van der Waals surface area contributed by atoms with Gasteiger partial charge in [-0.1, -0.05) is 237 Å². The molecule has 0 atom stereocenters. The van der Waals surface area contributed by atoms with Gasteiger partial charge in [0, 0.05) is 77.6 Å². The zero-order valence-electron chi connectivity index (χ0n) is 48.8. The number of nitrogens with zero attached hydrogens (tertiary/aromatic N) is 4. The molecule has 2 aromatic heterocycles. The third-order valence-electron chi connectivity index (χ3n) is 15.7. The summed E-state index contributed by atoms with van der Waals surface area (Å²) in [5, 5.41) is 2.26. The van der Waals surface area contributed by atoms with Crippen LogP contribution in [0.2, 0.25) is 0 Å². The normalized spacial score (nSPS) is 13.9. The predicted octanol–water partition coefficient (Wildman–Crippen LogP) is 19.2. The van der Waals surface area contributed by atoms with Gasteiger partial charge in [0.25, 0.3) is 0 Å². The summed E-state index contributed by atoms with van der Waals surface area (Å²) < 4.78 is 9.62. The van der Waals surface area contributed by atoms with Crippen LogP contribution in [-0.2, 0) is 42.7 Å². The molecule has 9 aromatic rings. The van der Waals surface area contributed by atoms with Crippen molar-refractivity contribution in [2.24, 2.45) is 10.8 Å². The Kier molecular flexibility index (Phi) is 14.7. The van der Waals surface area contributed by atoms with Gasteiger partial charge in [0.2, 0.25) is 0 Å². The number of rotatable bonds is 10. The summed E-state index contributed by atoms with van der Waals surface area (Å²) in [5.74, 6) is 2.03. The summed E-state index contributed by atoms with van der Waals surface area (Å²) in [4.78, 5) is 9.91. The Hall–Kier alpha value is -6.68. The van der Waals surface area contributed by atoms with Gasteiger partial charge in [0.1, 0.15) is 5.82 Å². The van der Waals surface area contributed by atoms with Crippen molar-refractivity contribution < 1.29 is 25.8 Å². The summed E-state index contributed by atoms with van der Waals surface area (Å²) in [5.41, 5.74) is 14.5. The fraction of sp³-hybridized carbons (Fsp3) is 0.306. The molecule has 1 aliphatic heterocycles. The molecule has 6 heteroatoms. The Labute approximate surface area is 480 Å². The van der Waals surface area contributed by atoms with E-state index in [9.17, 15) is 0 Å². The molecule has 0 spiro atoms. The van der Waals surface area contributed by atoms with Crippen LogP contribution in [0.15, 0.2) is 181 Å². The van der Waals surface area contributed by atoms with E-state index in [2.05, 4.69) is 308 Å². The van der Waals surface area contributed by atoms with Gasteiger partial charge >= 0.3 is 0 Å². The zero-order valence-corrected chi connectivity index (χ0v) is 51.0.